The molecule has 0 aliphatic carbocycles. The predicted molar refractivity (Wildman–Crippen MR) is 101 cm³/mol. The van der Waals surface area contributed by atoms with Gasteiger partial charge in [0.1, 0.15) is 5.56 Å². The van der Waals surface area contributed by atoms with Crippen LogP contribution in [-0.4, -0.2) is 35.3 Å². The fourth-order valence-corrected chi connectivity index (χ4v) is 3.71. The van der Waals surface area contributed by atoms with Gasteiger partial charge in [-0.15, -0.1) is 0 Å². The number of fused-ring (bicyclic) bond motifs is 1. The van der Waals surface area contributed by atoms with Crippen molar-refractivity contribution in [3.63, 3.8) is 0 Å². The van der Waals surface area contributed by atoms with E-state index in [9.17, 15) is 14.9 Å². The number of benzene rings is 1. The number of nitrogens with zero attached hydrogens (tertiary/aromatic N) is 3. The Balaban J connectivity index is 1.62. The van der Waals surface area contributed by atoms with E-state index in [4.69, 9.17) is 9.47 Å². The summed E-state index contributed by atoms with van der Waals surface area (Å²) in [5, 5.41) is 9.17. The molecular formula is C21H21N3O4. The number of ether oxygens (including phenoxy) is 2. The molecule has 28 heavy (non-hydrogen) atoms. The first-order chi connectivity index (χ1) is 13.6. The van der Waals surface area contributed by atoms with Crippen molar-refractivity contribution < 1.29 is 14.3 Å². The summed E-state index contributed by atoms with van der Waals surface area (Å²) in [6, 6.07) is 9.56. The Labute approximate surface area is 162 Å². The molecule has 1 aromatic carbocycles. The van der Waals surface area contributed by atoms with Crippen LogP contribution in [0, 0.1) is 24.2 Å². The molecule has 3 heterocycles. The molecule has 1 unspecified atom stereocenters. The molecule has 7 heteroatoms. The third kappa shape index (κ3) is 3.33. The molecule has 1 amide bonds. The fourth-order valence-electron chi connectivity index (χ4n) is 3.71. The number of amides is 1. The lowest BCUT2D eigenvalue weighted by molar-refractivity contribution is 0.0695. The first-order valence-electron chi connectivity index (χ1n) is 9.34. The van der Waals surface area contributed by atoms with Gasteiger partial charge in [0.15, 0.2) is 11.5 Å². The zero-order valence-corrected chi connectivity index (χ0v) is 15.7. The predicted octanol–water partition coefficient (Wildman–Crippen LogP) is 2.31. The number of pyridine rings is 1. The summed E-state index contributed by atoms with van der Waals surface area (Å²) in [4.78, 5) is 27.7. The lowest BCUT2D eigenvalue weighted by Crippen LogP contribution is -2.42. The molecule has 7 nitrogen and oxygen atoms in total. The molecule has 0 saturated carbocycles. The zero-order chi connectivity index (χ0) is 19.7. The van der Waals surface area contributed by atoms with Gasteiger partial charge in [-0.2, -0.15) is 5.26 Å². The first kappa shape index (κ1) is 18.1. The average Bonchev–Trinajstić information content (AvgIpc) is 3.18. The maximum atomic E-state index is 13.1. The third-order valence-electron chi connectivity index (χ3n) is 5.27. The molecule has 1 saturated heterocycles. The molecule has 0 radical (unpaired) electrons. The maximum absolute atomic E-state index is 13.1. The van der Waals surface area contributed by atoms with Crippen LogP contribution in [0.25, 0.3) is 0 Å². The van der Waals surface area contributed by atoms with E-state index in [1.807, 2.05) is 18.2 Å². The number of nitriles is 1. The maximum Gasteiger partial charge on any atom is 0.263 e. The summed E-state index contributed by atoms with van der Waals surface area (Å²) in [5.74, 6) is 0.887. The summed E-state index contributed by atoms with van der Waals surface area (Å²) in [6.45, 7) is 3.25. The van der Waals surface area contributed by atoms with E-state index in [0.29, 0.717) is 36.7 Å². The Morgan fingerprint density at radius 3 is 2.93 bits per heavy atom. The molecule has 0 N–H and O–H groups in total. The van der Waals surface area contributed by atoms with Crippen LogP contribution in [-0.2, 0) is 6.54 Å². The molecule has 1 fully saturated rings. The van der Waals surface area contributed by atoms with Crippen molar-refractivity contribution in [2.45, 2.75) is 26.3 Å². The number of rotatable bonds is 3. The number of piperidine rings is 1. The molecule has 144 valence electrons. The lowest BCUT2D eigenvalue weighted by Gasteiger charge is -2.30. The standard InChI is InChI=1S/C21H21N3O4/c1-14-6-8-24(11-15-4-5-17-18(9-15)28-13-27-17)21(26)19(14)20(25)23-7-2-3-16(10-22)12-23/h4-6,8-9,16H,2-3,7,11-13H2,1H3. The van der Waals surface area contributed by atoms with Gasteiger partial charge in [-0.25, -0.2) is 0 Å². The second-order valence-corrected chi connectivity index (χ2v) is 7.21. The van der Waals surface area contributed by atoms with Crippen LogP contribution < -0.4 is 15.0 Å². The average molecular weight is 379 g/mol. The number of carbonyl (C=O) groups excluding carboxylic acids is 1. The largest absolute Gasteiger partial charge is 0.454 e. The van der Waals surface area contributed by atoms with Gasteiger partial charge in [0, 0.05) is 19.3 Å². The molecular weight excluding hydrogens is 358 g/mol. The quantitative estimate of drug-likeness (QED) is 0.817. The van der Waals surface area contributed by atoms with Crippen molar-refractivity contribution >= 4 is 5.91 Å². The topological polar surface area (TPSA) is 84.6 Å². The zero-order valence-electron chi connectivity index (χ0n) is 15.7. The fraction of sp³-hybridized carbons (Fsp3) is 0.381. The molecule has 2 aromatic rings. The van der Waals surface area contributed by atoms with Gasteiger partial charge in [0.2, 0.25) is 6.79 Å². The van der Waals surface area contributed by atoms with Crippen LogP contribution in [0.1, 0.15) is 34.3 Å². The van der Waals surface area contributed by atoms with Gasteiger partial charge < -0.3 is 18.9 Å². The summed E-state index contributed by atoms with van der Waals surface area (Å²) < 4.78 is 12.2. The Kier molecular flexibility index (Phi) is 4.78. The van der Waals surface area contributed by atoms with Gasteiger partial charge in [-0.3, -0.25) is 9.59 Å². The van der Waals surface area contributed by atoms with Crippen molar-refractivity contribution in [3.05, 3.63) is 57.5 Å². The summed E-state index contributed by atoms with van der Waals surface area (Å²) in [6.07, 6.45) is 3.27. The van der Waals surface area contributed by atoms with Crippen LogP contribution in [0.3, 0.4) is 0 Å². The van der Waals surface area contributed by atoms with Crippen LogP contribution in [0.5, 0.6) is 11.5 Å². The van der Waals surface area contributed by atoms with E-state index in [0.717, 1.165) is 18.4 Å². The van der Waals surface area contributed by atoms with Crippen LogP contribution in [0.2, 0.25) is 0 Å². The summed E-state index contributed by atoms with van der Waals surface area (Å²) in [7, 11) is 0. The number of aromatic nitrogens is 1. The van der Waals surface area contributed by atoms with Crippen LogP contribution >= 0.6 is 0 Å². The molecule has 0 spiro atoms. The smallest absolute Gasteiger partial charge is 0.263 e. The normalized spacial score (nSPS) is 18.0. The minimum Gasteiger partial charge on any atom is -0.454 e. The van der Waals surface area contributed by atoms with E-state index < -0.39 is 0 Å². The molecule has 1 aromatic heterocycles. The van der Waals surface area contributed by atoms with E-state index >= 15 is 0 Å². The SMILES string of the molecule is Cc1ccn(Cc2ccc3c(c2)OCO3)c(=O)c1C(=O)N1CCCC(C#N)C1. The van der Waals surface area contributed by atoms with Gasteiger partial charge in [-0.05, 0) is 49.1 Å². The molecule has 4 rings (SSSR count). The van der Waals surface area contributed by atoms with Crippen molar-refractivity contribution in [1.82, 2.24) is 9.47 Å². The van der Waals surface area contributed by atoms with Gasteiger partial charge in [0.05, 0.1) is 18.5 Å². The van der Waals surface area contributed by atoms with Gasteiger partial charge in [0.25, 0.3) is 11.5 Å². The number of carbonyl (C=O) groups is 1. The highest BCUT2D eigenvalue weighted by molar-refractivity contribution is 5.95. The van der Waals surface area contributed by atoms with Crippen molar-refractivity contribution in [1.29, 1.82) is 5.26 Å². The number of aryl methyl sites for hydroxylation is 1. The van der Waals surface area contributed by atoms with E-state index in [1.165, 1.54) is 4.57 Å². The Bertz CT molecular complexity index is 1020. The molecule has 2 aliphatic rings. The Hall–Kier alpha value is -3.27. The number of hydrogen-bond donors (Lipinski definition) is 0. The highest BCUT2D eigenvalue weighted by Crippen LogP contribution is 2.32. The number of hydrogen-bond acceptors (Lipinski definition) is 5. The van der Waals surface area contributed by atoms with Crippen LogP contribution in [0.15, 0.2) is 35.3 Å². The Morgan fingerprint density at radius 2 is 2.11 bits per heavy atom. The third-order valence-corrected chi connectivity index (χ3v) is 5.27. The van der Waals surface area contributed by atoms with Gasteiger partial charge >= 0.3 is 0 Å². The number of likely N-dealkylation sites (tertiary alicyclic amines) is 1. The molecule has 1 atom stereocenters. The minimum atomic E-state index is -0.318. The second kappa shape index (κ2) is 7.39. The van der Waals surface area contributed by atoms with E-state index in [1.54, 1.807) is 24.1 Å². The van der Waals surface area contributed by atoms with Crippen molar-refractivity contribution in [2.75, 3.05) is 19.9 Å². The first-order valence-corrected chi connectivity index (χ1v) is 9.34. The Morgan fingerprint density at radius 1 is 1.29 bits per heavy atom. The minimum absolute atomic E-state index is 0.169. The summed E-state index contributed by atoms with van der Waals surface area (Å²) >= 11 is 0. The highest BCUT2D eigenvalue weighted by Gasteiger charge is 2.27. The monoisotopic (exact) mass is 379 g/mol. The molecule has 2 aliphatic heterocycles. The lowest BCUT2D eigenvalue weighted by atomic mass is 9.98. The summed E-state index contributed by atoms with van der Waals surface area (Å²) in [5.41, 5.74) is 1.40. The highest BCUT2D eigenvalue weighted by atomic mass is 16.7. The second-order valence-electron chi connectivity index (χ2n) is 7.21. The van der Waals surface area contributed by atoms with Crippen molar-refractivity contribution in [3.8, 4) is 17.6 Å². The van der Waals surface area contributed by atoms with Gasteiger partial charge in [-0.1, -0.05) is 6.07 Å². The van der Waals surface area contributed by atoms with E-state index in [2.05, 4.69) is 6.07 Å². The van der Waals surface area contributed by atoms with Crippen LogP contribution in [0.4, 0.5) is 0 Å². The van der Waals surface area contributed by atoms with E-state index in [-0.39, 0.29) is 29.7 Å². The molecule has 0 bridgehead atoms. The van der Waals surface area contributed by atoms with Crippen molar-refractivity contribution in [2.24, 2.45) is 5.92 Å².